The third-order valence-corrected chi connectivity index (χ3v) is 3.91. The number of benzene rings is 1. The second kappa shape index (κ2) is 8.25. The molecule has 0 bridgehead atoms. The quantitative estimate of drug-likeness (QED) is 0.459. The Hall–Kier alpha value is -2.94. The van der Waals surface area contributed by atoms with Crippen LogP contribution in [0.5, 0.6) is 5.75 Å². The van der Waals surface area contributed by atoms with Crippen LogP contribution in [-0.2, 0) is 9.53 Å². The summed E-state index contributed by atoms with van der Waals surface area (Å²) in [7, 11) is 0. The van der Waals surface area contributed by atoms with E-state index in [9.17, 15) is 19.7 Å². The molecule has 1 N–H and O–H groups in total. The van der Waals surface area contributed by atoms with Crippen LogP contribution in [0.3, 0.4) is 0 Å². The van der Waals surface area contributed by atoms with Crippen LogP contribution < -0.4 is 10.1 Å². The van der Waals surface area contributed by atoms with Crippen molar-refractivity contribution >= 4 is 33.9 Å². The SMILES string of the molecule is CCOC(=O)c1ccsc1NC(=O)COc1ccc(C)cc1[N+](=O)[O-]. The number of rotatable bonds is 7. The molecule has 0 radical (unpaired) electrons. The fraction of sp³-hybridized carbons (Fsp3) is 0.250. The minimum atomic E-state index is -0.571. The molecule has 0 aliphatic rings. The van der Waals surface area contributed by atoms with E-state index >= 15 is 0 Å². The van der Waals surface area contributed by atoms with Gasteiger partial charge in [0, 0.05) is 6.07 Å². The monoisotopic (exact) mass is 364 g/mol. The summed E-state index contributed by atoms with van der Waals surface area (Å²) in [5.41, 5.74) is 0.749. The van der Waals surface area contributed by atoms with E-state index in [-0.39, 0.29) is 23.6 Å². The molecular weight excluding hydrogens is 348 g/mol. The van der Waals surface area contributed by atoms with Crippen LogP contribution in [0.25, 0.3) is 0 Å². The number of anilines is 1. The second-order valence-electron chi connectivity index (χ2n) is 4.95. The number of thiophene rings is 1. The molecule has 2 rings (SSSR count). The van der Waals surface area contributed by atoms with Gasteiger partial charge in [-0.25, -0.2) is 4.79 Å². The van der Waals surface area contributed by atoms with Gasteiger partial charge in [0.1, 0.15) is 5.00 Å². The average Bonchev–Trinajstić information content (AvgIpc) is 3.02. The van der Waals surface area contributed by atoms with Crippen molar-refractivity contribution in [3.05, 3.63) is 50.9 Å². The summed E-state index contributed by atoms with van der Waals surface area (Å²) in [6, 6.07) is 6.00. The predicted molar refractivity (Wildman–Crippen MR) is 92.2 cm³/mol. The van der Waals surface area contributed by atoms with Crippen LogP contribution in [0.1, 0.15) is 22.8 Å². The minimum Gasteiger partial charge on any atom is -0.477 e. The van der Waals surface area contributed by atoms with E-state index in [4.69, 9.17) is 9.47 Å². The maximum absolute atomic E-state index is 12.0. The Labute approximate surface area is 147 Å². The number of nitrogens with zero attached hydrogens (tertiary/aromatic N) is 1. The van der Waals surface area contributed by atoms with Gasteiger partial charge in [0.2, 0.25) is 0 Å². The number of nitro benzene ring substituents is 1. The van der Waals surface area contributed by atoms with Crippen molar-refractivity contribution in [1.29, 1.82) is 0 Å². The lowest BCUT2D eigenvalue weighted by atomic mass is 10.2. The van der Waals surface area contributed by atoms with Crippen molar-refractivity contribution in [3.8, 4) is 5.75 Å². The van der Waals surface area contributed by atoms with Crippen LogP contribution in [0, 0.1) is 17.0 Å². The van der Waals surface area contributed by atoms with E-state index in [2.05, 4.69) is 5.32 Å². The van der Waals surface area contributed by atoms with Crippen LogP contribution in [-0.4, -0.2) is 30.0 Å². The zero-order chi connectivity index (χ0) is 18.4. The number of hydrogen-bond donors (Lipinski definition) is 1. The maximum atomic E-state index is 12.0. The third-order valence-electron chi connectivity index (χ3n) is 3.08. The standard InChI is InChI=1S/C16H16N2O6S/c1-3-23-16(20)11-6-7-25-15(11)17-14(19)9-24-13-5-4-10(2)8-12(13)18(21)22/h4-8H,3,9H2,1-2H3,(H,17,19). The molecule has 8 nitrogen and oxygen atoms in total. The molecule has 132 valence electrons. The summed E-state index contributed by atoms with van der Waals surface area (Å²) in [4.78, 5) is 34.2. The molecule has 1 heterocycles. The fourth-order valence-corrected chi connectivity index (χ4v) is 2.77. The number of nitrogens with one attached hydrogen (secondary N) is 1. The molecule has 0 aliphatic carbocycles. The molecule has 0 atom stereocenters. The Bertz CT molecular complexity index is 802. The van der Waals surface area contributed by atoms with Crippen molar-refractivity contribution in [3.63, 3.8) is 0 Å². The molecular formula is C16H16N2O6S. The van der Waals surface area contributed by atoms with Gasteiger partial charge in [-0.05, 0) is 36.9 Å². The van der Waals surface area contributed by atoms with E-state index in [1.54, 1.807) is 31.4 Å². The van der Waals surface area contributed by atoms with Crippen molar-refractivity contribution < 1.29 is 24.0 Å². The summed E-state index contributed by atoms with van der Waals surface area (Å²) in [6.45, 7) is 3.20. The highest BCUT2D eigenvalue weighted by atomic mass is 32.1. The minimum absolute atomic E-state index is 0.00236. The average molecular weight is 364 g/mol. The molecule has 0 spiro atoms. The van der Waals surface area contributed by atoms with Gasteiger partial charge in [-0.3, -0.25) is 14.9 Å². The van der Waals surface area contributed by atoms with Gasteiger partial charge >= 0.3 is 11.7 Å². The Morgan fingerprint density at radius 2 is 2.08 bits per heavy atom. The Kier molecular flexibility index (Phi) is 6.07. The molecule has 1 amide bonds. The molecule has 2 aromatic rings. The van der Waals surface area contributed by atoms with Crippen molar-refractivity contribution in [1.82, 2.24) is 0 Å². The molecule has 25 heavy (non-hydrogen) atoms. The van der Waals surface area contributed by atoms with Crippen molar-refractivity contribution in [2.24, 2.45) is 0 Å². The largest absolute Gasteiger partial charge is 0.477 e. The second-order valence-corrected chi connectivity index (χ2v) is 5.87. The van der Waals surface area contributed by atoms with Gasteiger partial charge in [0.25, 0.3) is 5.91 Å². The number of amides is 1. The number of carbonyl (C=O) groups excluding carboxylic acids is 2. The molecule has 0 aliphatic heterocycles. The summed E-state index contributed by atoms with van der Waals surface area (Å²) in [6.07, 6.45) is 0. The number of nitro groups is 1. The molecule has 9 heteroatoms. The lowest BCUT2D eigenvalue weighted by Crippen LogP contribution is -2.21. The number of hydrogen-bond acceptors (Lipinski definition) is 7. The van der Waals surface area contributed by atoms with E-state index < -0.39 is 23.4 Å². The highest BCUT2D eigenvalue weighted by molar-refractivity contribution is 7.14. The highest BCUT2D eigenvalue weighted by Crippen LogP contribution is 2.28. The summed E-state index contributed by atoms with van der Waals surface area (Å²) < 4.78 is 10.1. The van der Waals surface area contributed by atoms with Crippen LogP contribution >= 0.6 is 11.3 Å². The zero-order valence-electron chi connectivity index (χ0n) is 13.6. The third kappa shape index (κ3) is 4.77. The zero-order valence-corrected chi connectivity index (χ0v) is 14.4. The molecule has 0 fully saturated rings. The van der Waals surface area contributed by atoms with E-state index in [1.165, 1.54) is 23.5 Å². The van der Waals surface area contributed by atoms with E-state index in [0.29, 0.717) is 10.6 Å². The first-order chi connectivity index (χ1) is 11.9. The van der Waals surface area contributed by atoms with E-state index in [1.807, 2.05) is 0 Å². The van der Waals surface area contributed by atoms with Gasteiger partial charge in [-0.1, -0.05) is 6.07 Å². The number of aryl methyl sites for hydroxylation is 1. The predicted octanol–water partition coefficient (Wildman–Crippen LogP) is 3.16. The van der Waals surface area contributed by atoms with Crippen LogP contribution in [0.15, 0.2) is 29.6 Å². The topological polar surface area (TPSA) is 108 Å². The molecule has 1 aromatic carbocycles. The first kappa shape index (κ1) is 18.4. The van der Waals surface area contributed by atoms with Crippen molar-refractivity contribution in [2.75, 3.05) is 18.5 Å². The lowest BCUT2D eigenvalue weighted by Gasteiger charge is -2.08. The first-order valence-corrected chi connectivity index (χ1v) is 8.22. The molecule has 0 unspecified atom stereocenters. The van der Waals surface area contributed by atoms with Crippen molar-refractivity contribution in [2.45, 2.75) is 13.8 Å². The maximum Gasteiger partial charge on any atom is 0.341 e. The molecule has 0 saturated heterocycles. The number of carbonyl (C=O) groups is 2. The van der Waals surface area contributed by atoms with Gasteiger partial charge in [0.05, 0.1) is 17.1 Å². The van der Waals surface area contributed by atoms with Gasteiger partial charge in [-0.15, -0.1) is 11.3 Å². The van der Waals surface area contributed by atoms with Crippen LogP contribution in [0.2, 0.25) is 0 Å². The Morgan fingerprint density at radius 3 is 2.76 bits per heavy atom. The first-order valence-electron chi connectivity index (χ1n) is 7.34. The van der Waals surface area contributed by atoms with Gasteiger partial charge in [-0.2, -0.15) is 0 Å². The molecule has 1 aromatic heterocycles. The van der Waals surface area contributed by atoms with E-state index in [0.717, 1.165) is 0 Å². The summed E-state index contributed by atoms with van der Waals surface area (Å²) in [5.74, 6) is -1.07. The lowest BCUT2D eigenvalue weighted by molar-refractivity contribution is -0.385. The normalized spacial score (nSPS) is 10.2. The number of esters is 1. The Morgan fingerprint density at radius 1 is 1.32 bits per heavy atom. The summed E-state index contributed by atoms with van der Waals surface area (Å²) >= 11 is 1.17. The smallest absolute Gasteiger partial charge is 0.341 e. The van der Waals surface area contributed by atoms with Gasteiger partial charge in [0.15, 0.2) is 12.4 Å². The van der Waals surface area contributed by atoms with Gasteiger partial charge < -0.3 is 14.8 Å². The summed E-state index contributed by atoms with van der Waals surface area (Å²) in [5, 5.41) is 15.6. The molecule has 0 saturated carbocycles. The fourth-order valence-electron chi connectivity index (χ4n) is 1.97. The van der Waals surface area contributed by atoms with Crippen LogP contribution in [0.4, 0.5) is 10.7 Å². The Balaban J connectivity index is 2.02. The number of ether oxygens (including phenoxy) is 2. The highest BCUT2D eigenvalue weighted by Gasteiger charge is 2.18.